The molecule has 0 saturated heterocycles. The molecule has 658 valence electrons. The Morgan fingerprint density at radius 2 is 0.614 bits per heavy atom. The molecule has 0 aromatic rings. The van der Waals surface area contributed by atoms with Gasteiger partial charge in [0.15, 0.2) is 0 Å². The molecule has 0 N–H and O–H groups in total. The Labute approximate surface area is 696 Å². The predicted molar refractivity (Wildman–Crippen MR) is 462 cm³/mol. The van der Waals surface area contributed by atoms with E-state index in [9.17, 15) is 38.4 Å². The summed E-state index contributed by atoms with van der Waals surface area (Å²) in [6, 6.07) is 0. The fraction of sp³-hybridized carbons (Fsp3) is 0.879. The lowest BCUT2D eigenvalue weighted by atomic mass is 9.71. The van der Waals surface area contributed by atoms with Crippen molar-refractivity contribution in [1.82, 2.24) is 0 Å². The van der Waals surface area contributed by atoms with Crippen LogP contribution in [-0.4, -0.2) is 93.8 Å². The highest BCUT2D eigenvalue weighted by Gasteiger charge is 2.38. The zero-order valence-corrected chi connectivity index (χ0v) is 74.6. The van der Waals surface area contributed by atoms with Gasteiger partial charge in [-0.05, 0) is 215 Å². The molecule has 8 atom stereocenters. The van der Waals surface area contributed by atoms with E-state index in [0.29, 0.717) is 100 Å². The summed E-state index contributed by atoms with van der Waals surface area (Å²) in [5.41, 5.74) is 3.01. The number of ketones is 1. The van der Waals surface area contributed by atoms with Gasteiger partial charge in [0.25, 0.3) is 0 Å². The zero-order chi connectivity index (χ0) is 82.8. The van der Waals surface area contributed by atoms with Crippen molar-refractivity contribution in [1.29, 1.82) is 0 Å². The number of unbranched alkanes of at least 4 members (excludes halogenated alkanes) is 19. The van der Waals surface area contributed by atoms with Crippen LogP contribution in [0.5, 0.6) is 0 Å². The van der Waals surface area contributed by atoms with Crippen LogP contribution < -0.4 is 0 Å². The maximum Gasteiger partial charge on any atom is 0.308 e. The van der Waals surface area contributed by atoms with Gasteiger partial charge in [-0.15, -0.1) is 0 Å². The Morgan fingerprint density at radius 1 is 0.325 bits per heavy atom. The molecule has 7 fully saturated rings. The summed E-state index contributed by atoms with van der Waals surface area (Å²) in [6.07, 6.45) is 63.1. The van der Waals surface area contributed by atoms with Crippen molar-refractivity contribution >= 4 is 47.6 Å². The van der Waals surface area contributed by atoms with Crippen LogP contribution in [0.4, 0.5) is 0 Å². The topological polar surface area (TPSA) is 201 Å². The highest BCUT2D eigenvalue weighted by Crippen LogP contribution is 2.42. The highest BCUT2D eigenvalue weighted by molar-refractivity contribution is 5.82. The minimum absolute atomic E-state index is 0.0466. The van der Waals surface area contributed by atoms with E-state index in [-0.39, 0.29) is 89.1 Å². The van der Waals surface area contributed by atoms with Crippen molar-refractivity contribution < 1.29 is 71.5 Å². The molecule has 0 aliphatic heterocycles. The first-order valence-corrected chi connectivity index (χ1v) is 48.3. The van der Waals surface area contributed by atoms with Crippen molar-refractivity contribution in [2.24, 2.45) is 76.4 Å². The second kappa shape index (κ2) is 63.5. The van der Waals surface area contributed by atoms with E-state index >= 15 is 0 Å². The number of allylic oxidation sites excluding steroid dienone is 2. The SMILES string of the molecule is C=C1CCC(COC(=O)C2CCC(C(=O)OCC3CCC(=C)CC3)CC2)CC1.CCCCC(CC)COC(=O)C1CCCC(C(=O)OCC(CC)CCCC)C1.CCCCCCCCCCOC(=O)C1CCCC(C(=O)CCC2(C)CCCCC2)C1.CCCCCCCCOC(=O)C1CCCC(C(=O)OCCCCCCCC)C1. The second-order valence-electron chi connectivity index (χ2n) is 36.8. The van der Waals surface area contributed by atoms with Gasteiger partial charge in [0.1, 0.15) is 5.78 Å². The Kier molecular flexibility index (Phi) is 56.7. The second-order valence-corrected chi connectivity index (χ2v) is 36.8. The maximum atomic E-state index is 12.8. The third kappa shape index (κ3) is 45.0. The summed E-state index contributed by atoms with van der Waals surface area (Å²) in [7, 11) is 0. The average molecular weight is 1600 g/mol. The Bertz CT molecular complexity index is 2470. The molecule has 0 amide bonds. The van der Waals surface area contributed by atoms with Gasteiger partial charge < -0.3 is 33.2 Å². The number of Topliss-reactive ketones (excluding diaryl/α,β-unsaturated/α-hetero) is 1. The minimum atomic E-state index is -0.142. The predicted octanol–water partition coefficient (Wildman–Crippen LogP) is 26.1. The molecular weight excluding hydrogens is 1430 g/mol. The molecule has 7 aliphatic carbocycles. The Balaban J connectivity index is 0.000000320. The van der Waals surface area contributed by atoms with Gasteiger partial charge in [-0.1, -0.05) is 266 Å². The first kappa shape index (κ1) is 102. The molecule has 0 heterocycles. The molecule has 114 heavy (non-hydrogen) atoms. The van der Waals surface area contributed by atoms with Gasteiger partial charge in [0.2, 0.25) is 0 Å². The number of ether oxygens (including phenoxy) is 7. The molecule has 0 radical (unpaired) electrons. The number of hydrogen-bond donors (Lipinski definition) is 0. The van der Waals surface area contributed by atoms with Crippen LogP contribution in [-0.2, 0) is 71.5 Å². The normalized spacial score (nSPS) is 23.1. The van der Waals surface area contributed by atoms with Gasteiger partial charge >= 0.3 is 41.8 Å². The van der Waals surface area contributed by atoms with E-state index in [1.165, 1.54) is 159 Å². The fourth-order valence-corrected chi connectivity index (χ4v) is 18.2. The molecule has 15 heteroatoms. The van der Waals surface area contributed by atoms with Crippen LogP contribution in [0, 0.1) is 76.4 Å². The lowest BCUT2D eigenvalue weighted by Crippen LogP contribution is -2.31. The van der Waals surface area contributed by atoms with E-state index in [2.05, 4.69) is 68.5 Å². The van der Waals surface area contributed by atoms with Crippen LogP contribution in [0.15, 0.2) is 24.3 Å². The van der Waals surface area contributed by atoms with Gasteiger partial charge in [-0.2, -0.15) is 0 Å². The van der Waals surface area contributed by atoms with Crippen LogP contribution in [0.2, 0.25) is 0 Å². The van der Waals surface area contributed by atoms with Gasteiger partial charge in [-0.25, -0.2) is 0 Å². The number of esters is 7. The minimum Gasteiger partial charge on any atom is -0.465 e. The van der Waals surface area contributed by atoms with Crippen molar-refractivity contribution in [2.75, 3.05) is 46.2 Å². The molecule has 7 saturated carbocycles. The summed E-state index contributed by atoms with van der Waals surface area (Å²) >= 11 is 0. The van der Waals surface area contributed by atoms with Crippen LogP contribution in [0.25, 0.3) is 0 Å². The van der Waals surface area contributed by atoms with Crippen molar-refractivity contribution in [3.8, 4) is 0 Å². The van der Waals surface area contributed by atoms with E-state index in [0.717, 1.165) is 212 Å². The van der Waals surface area contributed by atoms with Gasteiger partial charge in [0, 0.05) is 12.3 Å². The lowest BCUT2D eigenvalue weighted by molar-refractivity contribution is -0.157. The van der Waals surface area contributed by atoms with Crippen LogP contribution in [0.3, 0.4) is 0 Å². The molecule has 8 unspecified atom stereocenters. The van der Waals surface area contributed by atoms with Crippen LogP contribution >= 0.6 is 0 Å². The third-order valence-corrected chi connectivity index (χ3v) is 26.9. The van der Waals surface area contributed by atoms with E-state index in [1.807, 2.05) is 0 Å². The molecule has 0 spiro atoms. The molecular formula is C99H172O15. The molecule has 0 bridgehead atoms. The summed E-state index contributed by atoms with van der Waals surface area (Å²) in [4.78, 5) is 99.7. The smallest absolute Gasteiger partial charge is 0.308 e. The number of carbonyl (C=O) groups excluding carboxylic acids is 8. The van der Waals surface area contributed by atoms with Gasteiger partial charge in [-0.3, -0.25) is 38.4 Å². The van der Waals surface area contributed by atoms with Crippen molar-refractivity contribution in [2.45, 2.75) is 434 Å². The summed E-state index contributed by atoms with van der Waals surface area (Å²) < 4.78 is 39.0. The van der Waals surface area contributed by atoms with E-state index in [1.54, 1.807) is 0 Å². The highest BCUT2D eigenvalue weighted by atomic mass is 16.6. The molecule has 7 rings (SSSR count). The standard InChI is InChI=1S/C27H48O3.C24H36O4.2C24H44O4/c1-3-4-5-6-7-8-9-13-21-30-26(29)24-16-14-15-23(22-24)25(28)17-20-27(2)18-11-10-12-19-27;1-17-3-7-19(8-4-17)15-27-23(25)21-11-13-22(14-12-21)24(26)28-16-20-9-5-18(2)6-10-20;1-5-9-12-19(7-3)17-27-23(25)21-14-11-15-22(16-21)24(26)28-18-20(8-4)13-10-6-2;1-3-5-7-9-11-13-18-27-23(25)21-16-15-17-22(20-21)24(26)28-19-14-12-10-8-6-4-2/h23-24H,3-22H2,1-2H3;19-22H,1-16H2;19-22H,5-18H2,1-4H3;21-22H,3-20H2,1-2H3. The van der Waals surface area contributed by atoms with E-state index < -0.39 is 0 Å². The number of carbonyl (C=O) groups is 8. The Morgan fingerprint density at radius 3 is 0.939 bits per heavy atom. The van der Waals surface area contributed by atoms with Crippen molar-refractivity contribution in [3.05, 3.63) is 24.3 Å². The van der Waals surface area contributed by atoms with E-state index in [4.69, 9.17) is 33.2 Å². The maximum absolute atomic E-state index is 12.8. The average Bonchev–Trinajstić information content (AvgIpc) is 0.874. The Hall–Kier alpha value is -4.56. The summed E-state index contributed by atoms with van der Waals surface area (Å²) in [6.45, 7) is 29.5. The monoisotopic (exact) mass is 1600 g/mol. The van der Waals surface area contributed by atoms with Gasteiger partial charge in [0.05, 0.1) is 87.7 Å². The molecule has 0 aromatic carbocycles. The molecule has 15 nitrogen and oxygen atoms in total. The summed E-state index contributed by atoms with van der Waals surface area (Å²) in [5.74, 6) is 1.08. The zero-order valence-electron chi connectivity index (χ0n) is 74.6. The molecule has 7 aliphatic rings. The summed E-state index contributed by atoms with van der Waals surface area (Å²) in [5, 5.41) is 0. The number of hydrogen-bond acceptors (Lipinski definition) is 15. The first-order chi connectivity index (χ1) is 55.3. The largest absolute Gasteiger partial charge is 0.465 e. The van der Waals surface area contributed by atoms with Crippen LogP contribution in [0.1, 0.15) is 434 Å². The molecule has 0 aromatic heterocycles. The number of rotatable bonds is 50. The third-order valence-electron chi connectivity index (χ3n) is 26.9. The fourth-order valence-electron chi connectivity index (χ4n) is 18.2. The first-order valence-electron chi connectivity index (χ1n) is 48.3. The van der Waals surface area contributed by atoms with Crippen molar-refractivity contribution in [3.63, 3.8) is 0 Å². The quantitative estimate of drug-likeness (QED) is 0.0241. The lowest BCUT2D eigenvalue weighted by Gasteiger charge is -2.34.